The van der Waals surface area contributed by atoms with Crippen molar-refractivity contribution in [1.82, 2.24) is 19.7 Å². The summed E-state index contributed by atoms with van der Waals surface area (Å²) in [6, 6.07) is 8.73. The average Bonchev–Trinajstić information content (AvgIpc) is 3.65. The maximum atomic E-state index is 15.7. The van der Waals surface area contributed by atoms with E-state index < -0.39 is 83.1 Å². The Bertz CT molecular complexity index is 1950. The van der Waals surface area contributed by atoms with Crippen molar-refractivity contribution in [2.45, 2.75) is 61.9 Å². The molecular formula is C37H38F3N5O10S. The van der Waals surface area contributed by atoms with Gasteiger partial charge >= 0.3 is 18.1 Å². The van der Waals surface area contributed by atoms with Crippen molar-refractivity contribution in [2.24, 2.45) is 0 Å². The number of amides is 1. The lowest BCUT2D eigenvalue weighted by Crippen LogP contribution is -2.47. The third-order valence-electron chi connectivity index (χ3n) is 8.15. The van der Waals surface area contributed by atoms with E-state index in [0.717, 1.165) is 23.1 Å². The summed E-state index contributed by atoms with van der Waals surface area (Å²) in [5.74, 6) is -5.28. The number of esters is 1. The Balaban J connectivity index is 1.46. The zero-order valence-electron chi connectivity index (χ0n) is 30.4. The molecule has 15 nitrogen and oxygen atoms in total. The molecule has 0 radical (unpaired) electrons. The molecule has 0 bridgehead atoms. The summed E-state index contributed by atoms with van der Waals surface area (Å²) in [5, 5.41) is 20.5. The van der Waals surface area contributed by atoms with E-state index in [1.165, 1.54) is 61.3 Å². The number of carboxylic acids is 1. The summed E-state index contributed by atoms with van der Waals surface area (Å²) in [6.45, 7) is 2.19. The number of ether oxygens (including phenoxy) is 5. The molecule has 1 saturated heterocycles. The minimum absolute atomic E-state index is 0.133. The third kappa shape index (κ3) is 12.4. The molecule has 4 rings (SSSR count). The lowest BCUT2D eigenvalue weighted by molar-refractivity contribution is -0.173. The van der Waals surface area contributed by atoms with Crippen molar-refractivity contribution in [2.75, 3.05) is 26.8 Å². The molecule has 2 heterocycles. The first kappa shape index (κ1) is 43.0. The van der Waals surface area contributed by atoms with Crippen LogP contribution in [0.15, 0.2) is 67.3 Å². The Morgan fingerprint density at radius 3 is 2.48 bits per heavy atom. The molecule has 3 atom stereocenters. The Morgan fingerprint density at radius 2 is 1.84 bits per heavy atom. The number of nitrogens with zero attached hydrogens (tertiary/aromatic N) is 5. The van der Waals surface area contributed by atoms with E-state index in [4.69, 9.17) is 34.1 Å². The fourth-order valence-electron chi connectivity index (χ4n) is 5.37. The molecule has 298 valence electrons. The number of allylic oxidation sites excluding steroid dienone is 2. The van der Waals surface area contributed by atoms with Gasteiger partial charge in [0.05, 0.1) is 43.1 Å². The number of aliphatic carboxylic acids is 1. The van der Waals surface area contributed by atoms with Gasteiger partial charge in [0.1, 0.15) is 36.7 Å². The van der Waals surface area contributed by atoms with Crippen LogP contribution in [0.2, 0.25) is 0 Å². The summed E-state index contributed by atoms with van der Waals surface area (Å²) >= 11 is 1.21. The molecule has 3 aromatic rings. The molecular weight excluding hydrogens is 763 g/mol. The number of thioether (sulfide) groups is 1. The fourth-order valence-corrected chi connectivity index (χ4v) is 6.73. The Kier molecular flexibility index (Phi) is 15.6. The first-order chi connectivity index (χ1) is 26.7. The zero-order chi connectivity index (χ0) is 40.8. The van der Waals surface area contributed by atoms with E-state index in [-0.39, 0.29) is 42.9 Å². The van der Waals surface area contributed by atoms with Crippen LogP contribution >= 0.6 is 11.8 Å². The minimum Gasteiger partial charge on any atom is -0.481 e. The molecule has 19 heteroatoms. The first-order valence-electron chi connectivity index (χ1n) is 16.9. The van der Waals surface area contributed by atoms with Crippen LogP contribution in [-0.2, 0) is 50.2 Å². The van der Waals surface area contributed by atoms with Gasteiger partial charge < -0.3 is 33.7 Å². The lowest BCUT2D eigenvalue weighted by atomic mass is 9.89. The second-order valence-electron chi connectivity index (χ2n) is 12.3. The summed E-state index contributed by atoms with van der Waals surface area (Å²) in [7, 11) is 1.26. The highest BCUT2D eigenvalue weighted by Crippen LogP contribution is 2.42. The highest BCUT2D eigenvalue weighted by Gasteiger charge is 2.47. The van der Waals surface area contributed by atoms with Gasteiger partial charge in [-0.2, -0.15) is 10.4 Å². The van der Waals surface area contributed by atoms with Gasteiger partial charge in [-0.05, 0) is 37.3 Å². The number of likely N-dealkylation sites (N-methyl/N-ethyl adjacent to an activating group) is 1. The van der Waals surface area contributed by atoms with Gasteiger partial charge in [0.25, 0.3) is 0 Å². The number of halogens is 3. The predicted molar refractivity (Wildman–Crippen MR) is 192 cm³/mol. The average molecular weight is 802 g/mol. The summed E-state index contributed by atoms with van der Waals surface area (Å²) in [5.41, 5.74) is -1.71. The van der Waals surface area contributed by atoms with E-state index in [2.05, 4.69) is 10.1 Å². The molecule has 56 heavy (non-hydrogen) atoms. The molecule has 1 N–H and O–H groups in total. The molecule has 1 unspecified atom stereocenters. The summed E-state index contributed by atoms with van der Waals surface area (Å²) < 4.78 is 73.2. The maximum absolute atomic E-state index is 15.7. The van der Waals surface area contributed by atoms with Crippen molar-refractivity contribution in [1.29, 1.82) is 5.26 Å². The second-order valence-corrected chi connectivity index (χ2v) is 14.0. The monoisotopic (exact) mass is 801 g/mol. The number of benzene rings is 2. The molecule has 0 aliphatic carbocycles. The third-order valence-corrected chi connectivity index (χ3v) is 9.60. The molecule has 2 aromatic carbocycles. The van der Waals surface area contributed by atoms with Gasteiger partial charge in [-0.3, -0.25) is 14.4 Å². The molecule has 1 aliphatic rings. The Hall–Kier alpha value is -5.71. The van der Waals surface area contributed by atoms with Crippen LogP contribution in [0.3, 0.4) is 0 Å². The molecule has 1 fully saturated rings. The van der Waals surface area contributed by atoms with E-state index in [9.17, 15) is 28.0 Å². The van der Waals surface area contributed by atoms with Crippen molar-refractivity contribution in [3.8, 4) is 6.07 Å². The van der Waals surface area contributed by atoms with Gasteiger partial charge in [-0.25, -0.2) is 27.6 Å². The van der Waals surface area contributed by atoms with Gasteiger partial charge in [0.2, 0.25) is 12.2 Å². The van der Waals surface area contributed by atoms with Crippen LogP contribution in [0.25, 0.3) is 6.08 Å². The van der Waals surface area contributed by atoms with Crippen molar-refractivity contribution in [3.05, 3.63) is 101 Å². The van der Waals surface area contributed by atoms with Gasteiger partial charge in [-0.15, -0.1) is 11.8 Å². The summed E-state index contributed by atoms with van der Waals surface area (Å²) in [4.78, 5) is 53.6. The normalized spacial score (nSPS) is 17.7. The number of carboxylic acid groups (broad SMARTS) is 1. The van der Waals surface area contributed by atoms with E-state index in [1.54, 1.807) is 25.2 Å². The van der Waals surface area contributed by atoms with Crippen LogP contribution in [0.1, 0.15) is 43.4 Å². The van der Waals surface area contributed by atoms with Crippen molar-refractivity contribution in [3.63, 3.8) is 0 Å². The highest BCUT2D eigenvalue weighted by atomic mass is 32.2. The van der Waals surface area contributed by atoms with Crippen LogP contribution < -0.4 is 0 Å². The van der Waals surface area contributed by atoms with Crippen LogP contribution in [0.4, 0.5) is 18.0 Å². The molecule has 1 aliphatic heterocycles. The number of carbonyl (C=O) groups excluding carboxylic acids is 3. The number of rotatable bonds is 17. The van der Waals surface area contributed by atoms with Crippen LogP contribution in [0.5, 0.6) is 0 Å². The topological polar surface area (TPSA) is 192 Å². The van der Waals surface area contributed by atoms with Gasteiger partial charge in [-0.1, -0.05) is 24.3 Å². The molecule has 1 aromatic heterocycles. The van der Waals surface area contributed by atoms with Gasteiger partial charge in [0.15, 0.2) is 11.9 Å². The van der Waals surface area contributed by atoms with Crippen LogP contribution in [0, 0.1) is 28.8 Å². The predicted octanol–water partition coefficient (Wildman–Crippen LogP) is 4.96. The quantitative estimate of drug-likeness (QED) is 0.109. The van der Waals surface area contributed by atoms with E-state index >= 15 is 4.39 Å². The second kappa shape index (κ2) is 20.3. The number of aromatic nitrogens is 3. The zero-order valence-corrected chi connectivity index (χ0v) is 31.2. The lowest BCUT2D eigenvalue weighted by Gasteiger charge is -2.40. The first-order valence-corrected chi connectivity index (χ1v) is 17.9. The number of hydrogen-bond acceptors (Lipinski definition) is 13. The van der Waals surface area contributed by atoms with E-state index in [0.29, 0.717) is 6.07 Å². The smallest absolute Gasteiger partial charge is 0.481 e. The molecule has 1 amide bonds. The summed E-state index contributed by atoms with van der Waals surface area (Å²) in [6.07, 6.45) is 4.31. The number of nitriles is 1. The SMILES string of the molecule is CC(OC(=O)CN(C)C(=O)CCC(=O)O)OC(=O)O[C@@](Cn1cncn1)(c1ccc(F)cc1F)[C@@H](C)SC1COC(/C=C/C=C/c2ccc(C#N)cc2F)OC1. The van der Waals surface area contributed by atoms with Crippen molar-refractivity contribution >= 4 is 41.8 Å². The fraction of sp³-hybridized carbons (Fsp3) is 0.378. The Labute approximate surface area is 323 Å². The van der Waals surface area contributed by atoms with E-state index in [1.807, 2.05) is 6.07 Å². The van der Waals surface area contributed by atoms with Gasteiger partial charge in [0, 0.05) is 42.8 Å². The maximum Gasteiger partial charge on any atom is 0.512 e. The number of hydrogen-bond donors (Lipinski definition) is 1. The van der Waals surface area contributed by atoms with Crippen molar-refractivity contribution < 1.29 is 61.1 Å². The Morgan fingerprint density at radius 1 is 1.09 bits per heavy atom. The number of carbonyl (C=O) groups is 4. The standard InChI is InChI=1S/C37H38F3N5O10S/c1-23(56-28-18-51-35(52-19-28)7-5-4-6-26-9-8-25(16-41)14-30(26)39)37(20-45-22-42-21-43-45,29-11-10-27(38)15-31(29)40)55-36(50)54-24(2)53-34(49)17-44(3)32(46)12-13-33(47)48/h4-11,14-15,21-24,28,35H,12-13,17-20H2,1-3H3,(H,47,48)/b6-4+,7-5+/t23-,24?,28?,35?,37-/m1/s1. The molecule has 0 saturated carbocycles. The molecule has 0 spiro atoms. The van der Waals surface area contributed by atoms with Crippen LogP contribution in [-0.4, -0.2) is 98.7 Å². The highest BCUT2D eigenvalue weighted by molar-refractivity contribution is 8.00. The largest absolute Gasteiger partial charge is 0.512 e. The minimum atomic E-state index is -1.96.